The molecule has 1 rings (SSSR count). The second-order valence-electron chi connectivity index (χ2n) is 4.83. The van der Waals surface area contributed by atoms with Crippen molar-refractivity contribution in [2.45, 2.75) is 58.4 Å². The third kappa shape index (κ3) is 4.99. The standard InChI is InChI=1S/C16H27NO/c1-4-6-7-11-14(10-5-2)17-15-12-8-9-13-16(15)18-3/h8-9,12-14,17H,4-7,10-11H2,1-3H3/t14-/m0/s1. The van der Waals surface area contributed by atoms with Crippen molar-refractivity contribution in [3.05, 3.63) is 24.3 Å². The van der Waals surface area contributed by atoms with Crippen molar-refractivity contribution in [3.8, 4) is 5.75 Å². The molecule has 0 spiro atoms. The first kappa shape index (κ1) is 14.9. The minimum atomic E-state index is 0.567. The molecule has 0 radical (unpaired) electrons. The van der Waals surface area contributed by atoms with Gasteiger partial charge in [-0.25, -0.2) is 0 Å². The molecular formula is C16H27NO. The van der Waals surface area contributed by atoms with E-state index in [4.69, 9.17) is 4.74 Å². The number of rotatable bonds is 9. The lowest BCUT2D eigenvalue weighted by Gasteiger charge is -2.20. The maximum absolute atomic E-state index is 5.39. The first-order chi connectivity index (χ1) is 8.81. The van der Waals surface area contributed by atoms with Gasteiger partial charge in [0.2, 0.25) is 0 Å². The zero-order chi connectivity index (χ0) is 13.2. The average Bonchev–Trinajstić information content (AvgIpc) is 2.40. The molecule has 0 saturated carbocycles. The van der Waals surface area contributed by atoms with Gasteiger partial charge in [0.25, 0.3) is 0 Å². The maximum Gasteiger partial charge on any atom is 0.141 e. The number of unbranched alkanes of at least 4 members (excludes halogenated alkanes) is 2. The smallest absolute Gasteiger partial charge is 0.141 e. The Balaban J connectivity index is 2.58. The number of hydrogen-bond acceptors (Lipinski definition) is 2. The van der Waals surface area contributed by atoms with Gasteiger partial charge in [0, 0.05) is 6.04 Å². The van der Waals surface area contributed by atoms with Crippen molar-refractivity contribution in [2.24, 2.45) is 0 Å². The van der Waals surface area contributed by atoms with E-state index in [-0.39, 0.29) is 0 Å². The second kappa shape index (κ2) is 8.84. The Kier molecular flexibility index (Phi) is 7.31. The highest BCUT2D eigenvalue weighted by Gasteiger charge is 2.09. The van der Waals surface area contributed by atoms with Gasteiger partial charge in [-0.3, -0.25) is 0 Å². The zero-order valence-corrected chi connectivity index (χ0v) is 12.0. The molecule has 102 valence electrons. The molecule has 1 atom stereocenters. The van der Waals surface area contributed by atoms with Gasteiger partial charge >= 0.3 is 0 Å². The molecule has 0 bridgehead atoms. The van der Waals surface area contributed by atoms with Crippen LogP contribution in [0.4, 0.5) is 5.69 Å². The minimum absolute atomic E-state index is 0.567. The summed E-state index contributed by atoms with van der Waals surface area (Å²) in [6.07, 6.45) is 7.62. The van der Waals surface area contributed by atoms with Gasteiger partial charge < -0.3 is 10.1 Å². The highest BCUT2D eigenvalue weighted by Crippen LogP contribution is 2.25. The monoisotopic (exact) mass is 249 g/mol. The number of benzene rings is 1. The van der Waals surface area contributed by atoms with E-state index in [1.807, 2.05) is 12.1 Å². The second-order valence-corrected chi connectivity index (χ2v) is 4.83. The lowest BCUT2D eigenvalue weighted by atomic mass is 10.0. The minimum Gasteiger partial charge on any atom is -0.495 e. The molecule has 1 aromatic rings. The van der Waals surface area contributed by atoms with Gasteiger partial charge in [0.15, 0.2) is 0 Å². The van der Waals surface area contributed by atoms with Crippen molar-refractivity contribution in [1.82, 2.24) is 0 Å². The highest BCUT2D eigenvalue weighted by atomic mass is 16.5. The Hall–Kier alpha value is -1.18. The molecule has 0 fully saturated rings. The fourth-order valence-electron chi connectivity index (χ4n) is 2.26. The van der Waals surface area contributed by atoms with E-state index in [0.717, 1.165) is 11.4 Å². The van der Waals surface area contributed by atoms with Crippen LogP contribution in [0.3, 0.4) is 0 Å². The van der Waals surface area contributed by atoms with Gasteiger partial charge in [-0.1, -0.05) is 51.7 Å². The van der Waals surface area contributed by atoms with Crippen LogP contribution in [0.15, 0.2) is 24.3 Å². The largest absolute Gasteiger partial charge is 0.495 e. The van der Waals surface area contributed by atoms with Gasteiger partial charge in [0.1, 0.15) is 5.75 Å². The Morgan fingerprint density at radius 2 is 1.83 bits per heavy atom. The van der Waals surface area contributed by atoms with Crippen LogP contribution in [0.2, 0.25) is 0 Å². The lowest BCUT2D eigenvalue weighted by Crippen LogP contribution is -2.19. The van der Waals surface area contributed by atoms with E-state index in [2.05, 4.69) is 31.3 Å². The summed E-state index contributed by atoms with van der Waals surface area (Å²) in [6, 6.07) is 8.74. The lowest BCUT2D eigenvalue weighted by molar-refractivity contribution is 0.415. The summed E-state index contributed by atoms with van der Waals surface area (Å²) < 4.78 is 5.39. The van der Waals surface area contributed by atoms with Gasteiger partial charge in [-0.2, -0.15) is 0 Å². The molecule has 0 aliphatic carbocycles. The Labute approximate surface area is 112 Å². The maximum atomic E-state index is 5.39. The van der Waals surface area contributed by atoms with Crippen molar-refractivity contribution in [3.63, 3.8) is 0 Å². The Morgan fingerprint density at radius 3 is 2.50 bits per heavy atom. The van der Waals surface area contributed by atoms with Crippen LogP contribution >= 0.6 is 0 Å². The van der Waals surface area contributed by atoms with Crippen molar-refractivity contribution in [2.75, 3.05) is 12.4 Å². The summed E-state index contributed by atoms with van der Waals surface area (Å²) in [5, 5.41) is 3.63. The predicted molar refractivity (Wildman–Crippen MR) is 79.5 cm³/mol. The van der Waals surface area contributed by atoms with Crippen LogP contribution in [0.25, 0.3) is 0 Å². The van der Waals surface area contributed by atoms with Crippen LogP contribution in [-0.4, -0.2) is 13.2 Å². The van der Waals surface area contributed by atoms with Crippen molar-refractivity contribution >= 4 is 5.69 Å². The molecule has 0 aromatic heterocycles. The van der Waals surface area contributed by atoms with E-state index in [1.165, 1.54) is 38.5 Å². The van der Waals surface area contributed by atoms with E-state index >= 15 is 0 Å². The predicted octanol–water partition coefficient (Wildman–Crippen LogP) is 4.86. The van der Waals surface area contributed by atoms with Crippen LogP contribution < -0.4 is 10.1 Å². The van der Waals surface area contributed by atoms with Crippen LogP contribution in [-0.2, 0) is 0 Å². The fraction of sp³-hybridized carbons (Fsp3) is 0.625. The van der Waals surface area contributed by atoms with Gasteiger partial charge in [0.05, 0.1) is 12.8 Å². The Morgan fingerprint density at radius 1 is 1.06 bits per heavy atom. The Bertz CT molecular complexity index is 325. The molecule has 1 aromatic carbocycles. The molecule has 0 aliphatic heterocycles. The SMILES string of the molecule is CCCCC[C@H](CCC)Nc1ccccc1OC. The first-order valence-electron chi connectivity index (χ1n) is 7.21. The van der Waals surface area contributed by atoms with E-state index < -0.39 is 0 Å². The molecule has 0 saturated heterocycles. The van der Waals surface area contributed by atoms with Crippen LogP contribution in [0.1, 0.15) is 52.4 Å². The molecule has 2 nitrogen and oxygen atoms in total. The molecule has 0 amide bonds. The summed E-state index contributed by atoms with van der Waals surface area (Å²) in [6.45, 7) is 4.50. The average molecular weight is 249 g/mol. The number of para-hydroxylation sites is 2. The molecule has 2 heteroatoms. The number of anilines is 1. The fourth-order valence-corrected chi connectivity index (χ4v) is 2.26. The van der Waals surface area contributed by atoms with Crippen molar-refractivity contribution < 1.29 is 4.74 Å². The van der Waals surface area contributed by atoms with Crippen LogP contribution in [0, 0.1) is 0 Å². The zero-order valence-electron chi connectivity index (χ0n) is 12.0. The third-order valence-electron chi connectivity index (χ3n) is 3.26. The number of hydrogen-bond donors (Lipinski definition) is 1. The molecule has 0 unspecified atom stereocenters. The summed E-state index contributed by atoms with van der Waals surface area (Å²) in [7, 11) is 1.73. The molecule has 18 heavy (non-hydrogen) atoms. The summed E-state index contributed by atoms with van der Waals surface area (Å²) >= 11 is 0. The highest BCUT2D eigenvalue weighted by molar-refractivity contribution is 5.56. The number of ether oxygens (including phenoxy) is 1. The third-order valence-corrected chi connectivity index (χ3v) is 3.26. The quantitative estimate of drug-likeness (QED) is 0.631. The van der Waals surface area contributed by atoms with E-state index in [9.17, 15) is 0 Å². The summed E-state index contributed by atoms with van der Waals surface area (Å²) in [5.41, 5.74) is 1.12. The van der Waals surface area contributed by atoms with Gasteiger partial charge in [-0.15, -0.1) is 0 Å². The van der Waals surface area contributed by atoms with E-state index in [1.54, 1.807) is 7.11 Å². The molecular weight excluding hydrogens is 222 g/mol. The first-order valence-corrected chi connectivity index (χ1v) is 7.21. The van der Waals surface area contributed by atoms with Gasteiger partial charge in [-0.05, 0) is 25.0 Å². The topological polar surface area (TPSA) is 21.3 Å². The summed E-state index contributed by atoms with van der Waals surface area (Å²) in [5.74, 6) is 0.939. The number of nitrogens with one attached hydrogen (secondary N) is 1. The molecule has 0 heterocycles. The molecule has 1 N–H and O–H groups in total. The normalized spacial score (nSPS) is 12.2. The number of methoxy groups -OCH3 is 1. The van der Waals surface area contributed by atoms with Crippen LogP contribution in [0.5, 0.6) is 5.75 Å². The summed E-state index contributed by atoms with van der Waals surface area (Å²) in [4.78, 5) is 0. The van der Waals surface area contributed by atoms with E-state index in [0.29, 0.717) is 6.04 Å². The van der Waals surface area contributed by atoms with Crippen molar-refractivity contribution in [1.29, 1.82) is 0 Å². The molecule has 0 aliphatic rings.